The lowest BCUT2D eigenvalue weighted by atomic mass is 9.82. The number of benzene rings is 1. The molecule has 1 nitrogen and oxygen atoms in total. The molecule has 0 N–H and O–H groups in total. The molecule has 1 unspecified atom stereocenters. The summed E-state index contributed by atoms with van der Waals surface area (Å²) >= 11 is 0. The molecule has 0 saturated heterocycles. The summed E-state index contributed by atoms with van der Waals surface area (Å²) in [6.45, 7) is 17.8. The largest absolute Gasteiger partial charge is 0.343 e. The van der Waals surface area contributed by atoms with Crippen molar-refractivity contribution in [1.29, 1.82) is 0 Å². The van der Waals surface area contributed by atoms with E-state index in [1.807, 2.05) is 0 Å². The Kier molecular flexibility index (Phi) is 6.09. The summed E-state index contributed by atoms with van der Waals surface area (Å²) in [5.41, 5.74) is 10.8. The van der Waals surface area contributed by atoms with Crippen LogP contribution in [-0.4, -0.2) is 10.9 Å². The van der Waals surface area contributed by atoms with Crippen LogP contribution in [0.15, 0.2) is 54.3 Å². The molecule has 1 atom stereocenters. The fourth-order valence-corrected chi connectivity index (χ4v) is 4.62. The number of aryl methyl sites for hydroxylation is 2. The third-order valence-electron chi connectivity index (χ3n) is 6.07. The summed E-state index contributed by atoms with van der Waals surface area (Å²) in [5, 5.41) is 0. The molecule has 1 aromatic carbocycles. The minimum absolute atomic E-state index is 0.531. The van der Waals surface area contributed by atoms with Crippen molar-refractivity contribution in [3.63, 3.8) is 0 Å². The zero-order chi connectivity index (χ0) is 19.6. The Morgan fingerprint density at radius 3 is 2.41 bits per heavy atom. The smallest absolute Gasteiger partial charge is 0.0491 e. The maximum absolute atomic E-state index is 4.38. The van der Waals surface area contributed by atoms with Gasteiger partial charge in [-0.1, -0.05) is 59.8 Å². The molecule has 0 aromatic heterocycles. The molecule has 2 aliphatic heterocycles. The molecule has 27 heavy (non-hydrogen) atoms. The SMILES string of the molecule is C=C1C=C2c3cc(CC)c(CC)cc3CC(CCC)N2C=C1C(=C)CCC. The normalized spacial score (nSPS) is 18.6. The second-order valence-corrected chi connectivity index (χ2v) is 7.99. The monoisotopic (exact) mass is 361 g/mol. The van der Waals surface area contributed by atoms with Gasteiger partial charge in [0, 0.05) is 23.5 Å². The van der Waals surface area contributed by atoms with E-state index in [1.54, 1.807) is 0 Å². The second-order valence-electron chi connectivity index (χ2n) is 7.99. The molecule has 0 fully saturated rings. The zero-order valence-corrected chi connectivity index (χ0v) is 17.7. The molecule has 0 radical (unpaired) electrons. The van der Waals surface area contributed by atoms with Gasteiger partial charge in [-0.05, 0) is 77.7 Å². The van der Waals surface area contributed by atoms with Gasteiger partial charge in [0.1, 0.15) is 0 Å². The Balaban J connectivity index is 2.10. The topological polar surface area (TPSA) is 3.24 Å². The van der Waals surface area contributed by atoms with Crippen molar-refractivity contribution in [2.75, 3.05) is 0 Å². The van der Waals surface area contributed by atoms with E-state index in [1.165, 1.54) is 51.9 Å². The maximum atomic E-state index is 4.38. The highest BCUT2D eigenvalue weighted by molar-refractivity contribution is 5.77. The first-order valence-corrected chi connectivity index (χ1v) is 10.8. The summed E-state index contributed by atoms with van der Waals surface area (Å²) in [6.07, 6.45) is 12.6. The van der Waals surface area contributed by atoms with E-state index in [0.717, 1.165) is 37.7 Å². The van der Waals surface area contributed by atoms with Crippen molar-refractivity contribution >= 4 is 5.70 Å². The molecule has 0 amide bonds. The standard InChI is InChI=1S/C26H35N/c1-7-11-18(5)25-17-27-23(12-8-2)15-22-14-20(9-3)21(10-4)16-24(22)26(27)13-19(25)6/h13-14,16-17,23H,5-12,15H2,1-4H3. The van der Waals surface area contributed by atoms with Crippen LogP contribution >= 0.6 is 0 Å². The molecule has 3 rings (SSSR count). The van der Waals surface area contributed by atoms with Crippen LogP contribution in [0.25, 0.3) is 5.70 Å². The van der Waals surface area contributed by atoms with Crippen LogP contribution in [0.2, 0.25) is 0 Å². The van der Waals surface area contributed by atoms with Gasteiger partial charge in [0.25, 0.3) is 0 Å². The van der Waals surface area contributed by atoms with Gasteiger partial charge in [-0.25, -0.2) is 0 Å². The molecule has 0 spiro atoms. The summed E-state index contributed by atoms with van der Waals surface area (Å²) in [7, 11) is 0. The summed E-state index contributed by atoms with van der Waals surface area (Å²) in [6, 6.07) is 5.46. The van der Waals surface area contributed by atoms with Crippen LogP contribution in [-0.2, 0) is 19.3 Å². The van der Waals surface area contributed by atoms with Gasteiger partial charge in [-0.3, -0.25) is 0 Å². The minimum Gasteiger partial charge on any atom is -0.343 e. The van der Waals surface area contributed by atoms with E-state index in [0.29, 0.717) is 6.04 Å². The molecular weight excluding hydrogens is 326 g/mol. The summed E-state index contributed by atoms with van der Waals surface area (Å²) in [4.78, 5) is 2.53. The van der Waals surface area contributed by atoms with E-state index in [-0.39, 0.29) is 0 Å². The van der Waals surface area contributed by atoms with E-state index in [2.05, 4.69) is 70.2 Å². The number of rotatable bonds is 7. The second kappa shape index (κ2) is 8.33. The zero-order valence-electron chi connectivity index (χ0n) is 17.7. The van der Waals surface area contributed by atoms with Gasteiger partial charge in [-0.15, -0.1) is 0 Å². The predicted molar refractivity (Wildman–Crippen MR) is 119 cm³/mol. The molecule has 2 heterocycles. The van der Waals surface area contributed by atoms with Gasteiger partial charge in [-0.2, -0.15) is 0 Å². The Hall–Kier alpha value is -2.02. The fourth-order valence-electron chi connectivity index (χ4n) is 4.62. The number of allylic oxidation sites excluding steroid dienone is 4. The molecule has 2 aliphatic rings. The molecule has 1 aromatic rings. The van der Waals surface area contributed by atoms with E-state index < -0.39 is 0 Å². The molecule has 0 aliphatic carbocycles. The van der Waals surface area contributed by atoms with Crippen LogP contribution in [0.4, 0.5) is 0 Å². The van der Waals surface area contributed by atoms with Crippen LogP contribution in [0.1, 0.15) is 75.6 Å². The lowest BCUT2D eigenvalue weighted by Crippen LogP contribution is -2.37. The Morgan fingerprint density at radius 2 is 1.78 bits per heavy atom. The van der Waals surface area contributed by atoms with Crippen molar-refractivity contribution in [2.45, 2.75) is 78.7 Å². The average molecular weight is 362 g/mol. The van der Waals surface area contributed by atoms with Gasteiger partial charge in [0.05, 0.1) is 0 Å². The van der Waals surface area contributed by atoms with Crippen LogP contribution in [0.5, 0.6) is 0 Å². The van der Waals surface area contributed by atoms with E-state index in [9.17, 15) is 0 Å². The minimum atomic E-state index is 0.531. The first-order valence-electron chi connectivity index (χ1n) is 10.8. The highest BCUT2D eigenvalue weighted by atomic mass is 15.2. The van der Waals surface area contributed by atoms with Crippen molar-refractivity contribution in [3.05, 3.63) is 76.5 Å². The lowest BCUT2D eigenvalue weighted by molar-refractivity contribution is 0.339. The van der Waals surface area contributed by atoms with Gasteiger partial charge in [0.2, 0.25) is 0 Å². The summed E-state index contributed by atoms with van der Waals surface area (Å²) in [5.74, 6) is 0. The third-order valence-corrected chi connectivity index (χ3v) is 6.07. The molecule has 0 saturated carbocycles. The lowest BCUT2D eigenvalue weighted by Gasteiger charge is -2.42. The van der Waals surface area contributed by atoms with Crippen molar-refractivity contribution in [3.8, 4) is 0 Å². The third kappa shape index (κ3) is 3.70. The number of nitrogens with zero attached hydrogens (tertiary/aromatic N) is 1. The first-order chi connectivity index (χ1) is 13.0. The predicted octanol–water partition coefficient (Wildman–Crippen LogP) is 6.99. The number of fused-ring (bicyclic) bond motifs is 3. The highest BCUT2D eigenvalue weighted by Crippen LogP contribution is 2.41. The maximum Gasteiger partial charge on any atom is 0.0491 e. The van der Waals surface area contributed by atoms with Crippen molar-refractivity contribution < 1.29 is 0 Å². The number of hydrogen-bond acceptors (Lipinski definition) is 1. The van der Waals surface area contributed by atoms with Crippen LogP contribution in [0, 0.1) is 0 Å². The van der Waals surface area contributed by atoms with E-state index in [4.69, 9.17) is 0 Å². The van der Waals surface area contributed by atoms with Crippen LogP contribution < -0.4 is 0 Å². The van der Waals surface area contributed by atoms with Crippen molar-refractivity contribution in [1.82, 2.24) is 4.90 Å². The first kappa shape index (κ1) is 19.7. The van der Waals surface area contributed by atoms with Gasteiger partial charge < -0.3 is 4.90 Å². The van der Waals surface area contributed by atoms with Gasteiger partial charge in [0.15, 0.2) is 0 Å². The fraction of sp³-hybridized carbons (Fsp3) is 0.462. The Labute approximate surface area is 166 Å². The quantitative estimate of drug-likeness (QED) is 0.506. The highest BCUT2D eigenvalue weighted by Gasteiger charge is 2.31. The van der Waals surface area contributed by atoms with E-state index >= 15 is 0 Å². The number of hydrogen-bond donors (Lipinski definition) is 0. The Morgan fingerprint density at radius 1 is 1.07 bits per heavy atom. The molecule has 144 valence electrons. The van der Waals surface area contributed by atoms with Crippen LogP contribution in [0.3, 0.4) is 0 Å². The average Bonchev–Trinajstić information content (AvgIpc) is 2.67. The van der Waals surface area contributed by atoms with Gasteiger partial charge >= 0.3 is 0 Å². The summed E-state index contributed by atoms with van der Waals surface area (Å²) < 4.78 is 0. The van der Waals surface area contributed by atoms with Crippen molar-refractivity contribution in [2.24, 2.45) is 0 Å². The molecular formula is C26H35N. The molecule has 0 bridgehead atoms. The molecule has 1 heteroatoms. The Bertz CT molecular complexity index is 806.